The van der Waals surface area contributed by atoms with E-state index in [2.05, 4.69) is 0 Å². The summed E-state index contributed by atoms with van der Waals surface area (Å²) in [6, 6.07) is 3.39. The maximum Gasteiger partial charge on any atom is 0.246 e. The van der Waals surface area contributed by atoms with E-state index in [1.54, 1.807) is 13.0 Å². The number of halogens is 1. The van der Waals surface area contributed by atoms with Gasteiger partial charge in [-0.05, 0) is 30.7 Å². The van der Waals surface area contributed by atoms with Crippen molar-refractivity contribution in [1.29, 1.82) is 0 Å². The highest BCUT2D eigenvalue weighted by Crippen LogP contribution is 2.17. The van der Waals surface area contributed by atoms with E-state index in [0.717, 1.165) is 0 Å². The lowest BCUT2D eigenvalue weighted by Crippen LogP contribution is -2.44. The molecule has 1 amide bonds. The quantitative estimate of drug-likeness (QED) is 0.784. The van der Waals surface area contributed by atoms with Crippen LogP contribution in [0, 0.1) is 12.7 Å². The van der Waals surface area contributed by atoms with Gasteiger partial charge in [-0.25, -0.2) is 4.39 Å². The third-order valence-electron chi connectivity index (χ3n) is 2.37. The van der Waals surface area contributed by atoms with Gasteiger partial charge in [-0.3, -0.25) is 4.79 Å². The van der Waals surface area contributed by atoms with Crippen LogP contribution in [0.4, 0.5) is 10.1 Å². The zero-order chi connectivity index (χ0) is 12.3. The molecule has 0 aliphatic heterocycles. The van der Waals surface area contributed by atoms with E-state index in [4.69, 9.17) is 10.8 Å². The molecule has 0 radical (unpaired) electrons. The van der Waals surface area contributed by atoms with Crippen LogP contribution in [0.5, 0.6) is 0 Å². The summed E-state index contributed by atoms with van der Waals surface area (Å²) in [7, 11) is 1.53. The average Bonchev–Trinajstić information content (AvgIpc) is 2.29. The van der Waals surface area contributed by atoms with Crippen LogP contribution in [0.1, 0.15) is 5.56 Å². The van der Waals surface area contributed by atoms with Crippen molar-refractivity contribution < 1.29 is 14.3 Å². The molecular weight excluding hydrogens is 211 g/mol. The monoisotopic (exact) mass is 226 g/mol. The van der Waals surface area contributed by atoms with Crippen LogP contribution in [0.25, 0.3) is 0 Å². The van der Waals surface area contributed by atoms with Crippen LogP contribution in [0.15, 0.2) is 18.2 Å². The van der Waals surface area contributed by atoms with Crippen molar-refractivity contribution in [1.82, 2.24) is 0 Å². The second-order valence-electron chi connectivity index (χ2n) is 3.62. The van der Waals surface area contributed by atoms with Crippen molar-refractivity contribution in [3.05, 3.63) is 29.6 Å². The van der Waals surface area contributed by atoms with E-state index in [1.165, 1.54) is 24.1 Å². The lowest BCUT2D eigenvalue weighted by atomic mass is 10.2. The van der Waals surface area contributed by atoms with E-state index in [1.807, 2.05) is 0 Å². The molecule has 1 aromatic carbocycles. The summed E-state index contributed by atoms with van der Waals surface area (Å²) in [5.41, 5.74) is 6.41. The Morgan fingerprint density at radius 3 is 2.75 bits per heavy atom. The first kappa shape index (κ1) is 12.6. The molecule has 0 bridgehead atoms. The Balaban J connectivity index is 2.92. The number of aliphatic hydroxyl groups is 1. The summed E-state index contributed by atoms with van der Waals surface area (Å²) in [6.45, 7) is 1.20. The molecule has 1 rings (SSSR count). The zero-order valence-corrected chi connectivity index (χ0v) is 9.27. The molecule has 5 heteroatoms. The molecule has 0 spiro atoms. The molecular formula is C11H15FN2O2. The number of carbonyl (C=O) groups is 1. The number of aryl methyl sites for hydroxylation is 1. The fourth-order valence-corrected chi connectivity index (χ4v) is 1.29. The molecule has 88 valence electrons. The average molecular weight is 226 g/mol. The normalized spacial score (nSPS) is 12.3. The minimum Gasteiger partial charge on any atom is -0.394 e. The molecule has 3 N–H and O–H groups in total. The Bertz CT molecular complexity index is 396. The molecule has 0 fully saturated rings. The number of benzene rings is 1. The van der Waals surface area contributed by atoms with E-state index < -0.39 is 18.6 Å². The molecule has 0 aliphatic carbocycles. The molecule has 0 saturated heterocycles. The third kappa shape index (κ3) is 2.56. The van der Waals surface area contributed by atoms with Gasteiger partial charge in [-0.1, -0.05) is 0 Å². The predicted molar refractivity (Wildman–Crippen MR) is 59.6 cm³/mol. The van der Waals surface area contributed by atoms with Crippen molar-refractivity contribution in [2.75, 3.05) is 18.6 Å². The highest BCUT2D eigenvalue weighted by atomic mass is 19.1. The van der Waals surface area contributed by atoms with Crippen molar-refractivity contribution in [3.63, 3.8) is 0 Å². The number of amides is 1. The molecule has 4 nitrogen and oxygen atoms in total. The van der Waals surface area contributed by atoms with E-state index in [0.29, 0.717) is 11.3 Å². The number of aliphatic hydroxyl groups excluding tert-OH is 1. The Kier molecular flexibility index (Phi) is 3.98. The molecule has 0 aliphatic rings. The van der Waals surface area contributed by atoms with Gasteiger partial charge in [0.2, 0.25) is 5.91 Å². The molecule has 1 unspecified atom stereocenters. The topological polar surface area (TPSA) is 66.6 Å². The van der Waals surface area contributed by atoms with Gasteiger partial charge in [0.05, 0.1) is 6.61 Å². The summed E-state index contributed by atoms with van der Waals surface area (Å²) in [5, 5.41) is 8.77. The number of hydrogen-bond donors (Lipinski definition) is 2. The van der Waals surface area contributed by atoms with E-state index >= 15 is 0 Å². The molecule has 0 aromatic heterocycles. The fourth-order valence-electron chi connectivity index (χ4n) is 1.29. The lowest BCUT2D eigenvalue weighted by molar-refractivity contribution is -0.120. The van der Waals surface area contributed by atoms with Gasteiger partial charge >= 0.3 is 0 Å². The highest BCUT2D eigenvalue weighted by molar-refractivity contribution is 5.96. The Hall–Kier alpha value is -1.46. The van der Waals surface area contributed by atoms with Gasteiger partial charge < -0.3 is 15.7 Å². The first-order valence-corrected chi connectivity index (χ1v) is 4.87. The van der Waals surface area contributed by atoms with Gasteiger partial charge in [0.1, 0.15) is 11.9 Å². The number of likely N-dealkylation sites (N-methyl/N-ethyl adjacent to an activating group) is 1. The Morgan fingerprint density at radius 2 is 2.25 bits per heavy atom. The lowest BCUT2D eigenvalue weighted by Gasteiger charge is -2.20. The van der Waals surface area contributed by atoms with Gasteiger partial charge in [0, 0.05) is 12.7 Å². The smallest absolute Gasteiger partial charge is 0.246 e. The van der Waals surface area contributed by atoms with Crippen molar-refractivity contribution in [2.45, 2.75) is 13.0 Å². The van der Waals surface area contributed by atoms with Crippen LogP contribution < -0.4 is 10.6 Å². The Labute approximate surface area is 93.5 Å². The SMILES string of the molecule is Cc1cc(N(C)C(=O)C(N)CO)ccc1F. The minimum absolute atomic E-state index is 0.323. The number of rotatable bonds is 3. The molecule has 1 atom stereocenters. The third-order valence-corrected chi connectivity index (χ3v) is 2.37. The van der Waals surface area contributed by atoms with Gasteiger partial charge in [-0.15, -0.1) is 0 Å². The van der Waals surface area contributed by atoms with Gasteiger partial charge in [0.25, 0.3) is 0 Å². The fraction of sp³-hybridized carbons (Fsp3) is 0.364. The number of hydrogen-bond acceptors (Lipinski definition) is 3. The van der Waals surface area contributed by atoms with Crippen LogP contribution in [-0.4, -0.2) is 30.7 Å². The largest absolute Gasteiger partial charge is 0.394 e. The summed E-state index contributed by atoms with van der Waals surface area (Å²) < 4.78 is 13.0. The molecule has 0 heterocycles. The number of nitrogens with zero attached hydrogens (tertiary/aromatic N) is 1. The number of nitrogens with two attached hydrogens (primary N) is 1. The van der Waals surface area contributed by atoms with E-state index in [-0.39, 0.29) is 5.82 Å². The summed E-state index contributed by atoms with van der Waals surface area (Å²) >= 11 is 0. The van der Waals surface area contributed by atoms with Crippen LogP contribution in [0.2, 0.25) is 0 Å². The summed E-state index contributed by atoms with van der Waals surface area (Å²) in [5.74, 6) is -0.732. The van der Waals surface area contributed by atoms with Gasteiger partial charge in [0.15, 0.2) is 0 Å². The molecule has 16 heavy (non-hydrogen) atoms. The number of carbonyl (C=O) groups excluding carboxylic acids is 1. The molecule has 1 aromatic rings. The van der Waals surface area contributed by atoms with Gasteiger partial charge in [-0.2, -0.15) is 0 Å². The number of anilines is 1. The molecule has 0 saturated carbocycles. The minimum atomic E-state index is -0.949. The highest BCUT2D eigenvalue weighted by Gasteiger charge is 2.18. The first-order valence-electron chi connectivity index (χ1n) is 4.87. The summed E-state index contributed by atoms with van der Waals surface area (Å²) in [4.78, 5) is 12.9. The van der Waals surface area contributed by atoms with Crippen molar-refractivity contribution in [2.24, 2.45) is 5.73 Å². The second kappa shape index (κ2) is 5.05. The Morgan fingerprint density at radius 1 is 1.62 bits per heavy atom. The van der Waals surface area contributed by atoms with Crippen molar-refractivity contribution in [3.8, 4) is 0 Å². The standard InChI is InChI=1S/C11H15FN2O2/c1-7-5-8(3-4-9(7)12)14(2)11(16)10(13)6-15/h3-5,10,15H,6,13H2,1-2H3. The second-order valence-corrected chi connectivity index (χ2v) is 3.62. The maximum atomic E-state index is 13.0. The van der Waals surface area contributed by atoms with E-state index in [9.17, 15) is 9.18 Å². The first-order chi connectivity index (χ1) is 7.47. The zero-order valence-electron chi connectivity index (χ0n) is 9.27. The predicted octanol–water partition coefficient (Wildman–Crippen LogP) is 0.417. The van der Waals surface area contributed by atoms with Crippen LogP contribution >= 0.6 is 0 Å². The van der Waals surface area contributed by atoms with Crippen molar-refractivity contribution >= 4 is 11.6 Å². The maximum absolute atomic E-state index is 13.0. The van der Waals surface area contributed by atoms with Crippen LogP contribution in [0.3, 0.4) is 0 Å². The summed E-state index contributed by atoms with van der Waals surface area (Å²) in [6.07, 6.45) is 0. The van der Waals surface area contributed by atoms with Crippen LogP contribution in [-0.2, 0) is 4.79 Å².